The lowest BCUT2D eigenvalue weighted by atomic mass is 10.1. The summed E-state index contributed by atoms with van der Waals surface area (Å²) in [6.45, 7) is 3.30. The first-order valence-corrected chi connectivity index (χ1v) is 10.7. The number of morpholine rings is 1. The molecule has 3 aromatic heterocycles. The molecule has 0 aliphatic carbocycles. The van der Waals surface area contributed by atoms with Crippen molar-refractivity contribution in [2.75, 3.05) is 31.2 Å². The average molecular weight is 453 g/mol. The van der Waals surface area contributed by atoms with Crippen molar-refractivity contribution in [2.45, 2.75) is 0 Å². The second-order valence-corrected chi connectivity index (χ2v) is 8.99. The van der Waals surface area contributed by atoms with Crippen LogP contribution < -0.4 is 4.90 Å². The van der Waals surface area contributed by atoms with E-state index < -0.39 is 0 Å². The number of rotatable bonds is 3. The number of benzene rings is 1. The van der Waals surface area contributed by atoms with Gasteiger partial charge in [-0.3, -0.25) is 0 Å². The van der Waals surface area contributed by atoms with Crippen molar-refractivity contribution in [3.8, 4) is 22.0 Å². The van der Waals surface area contributed by atoms with Gasteiger partial charge in [-0.2, -0.15) is 0 Å². The summed E-state index contributed by atoms with van der Waals surface area (Å²) in [7, 11) is 0. The number of thiophene rings is 1. The summed E-state index contributed by atoms with van der Waals surface area (Å²) in [6, 6.07) is 16.5. The first-order valence-electron chi connectivity index (χ1n) is 9.09. The van der Waals surface area contributed by atoms with Gasteiger partial charge in [-0.05, 0) is 46.3 Å². The Morgan fingerprint density at radius 3 is 2.64 bits per heavy atom. The van der Waals surface area contributed by atoms with Crippen LogP contribution in [0.25, 0.3) is 33.0 Å². The van der Waals surface area contributed by atoms with E-state index >= 15 is 0 Å². The highest BCUT2D eigenvalue weighted by molar-refractivity contribution is 9.11. The number of pyridine rings is 1. The fourth-order valence-corrected chi connectivity index (χ4v) is 4.71. The molecule has 1 fully saturated rings. The maximum atomic E-state index is 5.50. The van der Waals surface area contributed by atoms with Crippen LogP contribution in [0.5, 0.6) is 0 Å². The maximum Gasteiger partial charge on any atom is 0.171 e. The normalized spacial score (nSPS) is 14.5. The largest absolute Gasteiger partial charge is 0.378 e. The van der Waals surface area contributed by atoms with E-state index in [2.05, 4.69) is 50.1 Å². The van der Waals surface area contributed by atoms with E-state index in [1.54, 1.807) is 11.3 Å². The number of hydrogen-bond donors (Lipinski definition) is 0. The van der Waals surface area contributed by atoms with Crippen LogP contribution in [-0.2, 0) is 4.74 Å². The second-order valence-electron chi connectivity index (χ2n) is 6.52. The summed E-state index contributed by atoms with van der Waals surface area (Å²) in [4.78, 5) is 17.5. The van der Waals surface area contributed by atoms with Crippen molar-refractivity contribution in [2.24, 2.45) is 0 Å². The molecular weight excluding hydrogens is 436 g/mol. The van der Waals surface area contributed by atoms with Gasteiger partial charge >= 0.3 is 0 Å². The van der Waals surface area contributed by atoms with E-state index in [0.29, 0.717) is 11.5 Å². The Bertz CT molecular complexity index is 1140. The minimum absolute atomic E-state index is 0.703. The summed E-state index contributed by atoms with van der Waals surface area (Å²) in [5.41, 5.74) is 3.94. The Morgan fingerprint density at radius 1 is 0.964 bits per heavy atom. The summed E-state index contributed by atoms with van der Waals surface area (Å²) in [5, 5.41) is 0.937. The zero-order valence-corrected chi connectivity index (χ0v) is 17.4. The molecular formula is C21H17BrN4OS. The lowest BCUT2D eigenvalue weighted by Crippen LogP contribution is -2.36. The zero-order valence-electron chi connectivity index (χ0n) is 15.0. The van der Waals surface area contributed by atoms with Crippen LogP contribution in [0, 0.1) is 0 Å². The predicted octanol–water partition coefficient (Wildman–Crippen LogP) is 5.02. The van der Waals surface area contributed by atoms with Gasteiger partial charge in [0.25, 0.3) is 0 Å². The first kappa shape index (κ1) is 17.7. The fraction of sp³-hybridized carbons (Fsp3) is 0.190. The molecule has 1 aromatic carbocycles. The highest BCUT2D eigenvalue weighted by Gasteiger charge is 2.16. The maximum absolute atomic E-state index is 5.50. The number of nitrogens with zero attached hydrogens (tertiary/aromatic N) is 4. The van der Waals surface area contributed by atoms with Crippen LogP contribution in [-0.4, -0.2) is 41.3 Å². The lowest BCUT2D eigenvalue weighted by Gasteiger charge is -2.30. The molecule has 0 saturated carbocycles. The number of anilines is 1. The summed E-state index contributed by atoms with van der Waals surface area (Å²) < 4.78 is 6.57. The second kappa shape index (κ2) is 7.58. The molecule has 1 aliphatic rings. The van der Waals surface area contributed by atoms with E-state index in [1.807, 2.05) is 30.5 Å². The Labute approximate surface area is 175 Å². The molecule has 0 bridgehead atoms. The van der Waals surface area contributed by atoms with Crippen molar-refractivity contribution < 1.29 is 4.74 Å². The monoisotopic (exact) mass is 452 g/mol. The molecule has 5 nitrogen and oxygen atoms in total. The lowest BCUT2D eigenvalue weighted by molar-refractivity contribution is 0.123. The van der Waals surface area contributed by atoms with Crippen LogP contribution in [0.4, 0.5) is 5.69 Å². The molecule has 0 amide bonds. The highest BCUT2D eigenvalue weighted by Crippen LogP contribution is 2.32. The molecule has 0 radical (unpaired) electrons. The van der Waals surface area contributed by atoms with Crippen LogP contribution in [0.2, 0.25) is 0 Å². The van der Waals surface area contributed by atoms with Gasteiger partial charge in [0.15, 0.2) is 11.5 Å². The van der Waals surface area contributed by atoms with Gasteiger partial charge in [-0.1, -0.05) is 18.2 Å². The number of aromatic nitrogens is 3. The third-order valence-corrected chi connectivity index (χ3v) is 6.39. The predicted molar refractivity (Wildman–Crippen MR) is 117 cm³/mol. The Morgan fingerprint density at radius 2 is 1.82 bits per heavy atom. The summed E-state index contributed by atoms with van der Waals surface area (Å²) >= 11 is 5.12. The number of para-hydroxylation sites is 1. The molecule has 0 spiro atoms. The quantitative estimate of drug-likeness (QED) is 0.436. The van der Waals surface area contributed by atoms with Crippen molar-refractivity contribution in [3.05, 3.63) is 58.5 Å². The molecule has 4 aromatic rings. The third-order valence-electron chi connectivity index (χ3n) is 4.77. The van der Waals surface area contributed by atoms with E-state index in [-0.39, 0.29) is 0 Å². The molecule has 0 N–H and O–H groups in total. The van der Waals surface area contributed by atoms with Crippen LogP contribution in [0.1, 0.15) is 0 Å². The van der Waals surface area contributed by atoms with Crippen molar-refractivity contribution in [3.63, 3.8) is 0 Å². The molecule has 0 unspecified atom stereocenters. The molecule has 5 rings (SSSR count). The fourth-order valence-electron chi connectivity index (χ4n) is 3.38. The Balaban J connectivity index is 1.58. The van der Waals surface area contributed by atoms with Crippen molar-refractivity contribution in [1.29, 1.82) is 0 Å². The molecule has 140 valence electrons. The SMILES string of the molecule is Brc1ccc(-c2ncc3ccc(-c4ccccc4N4CCOCC4)nc3n2)s1. The van der Waals surface area contributed by atoms with Crippen molar-refractivity contribution >= 4 is 44.0 Å². The van der Waals surface area contributed by atoms with Crippen molar-refractivity contribution in [1.82, 2.24) is 15.0 Å². The number of ether oxygens (including phenoxy) is 1. The Kier molecular flexibility index (Phi) is 4.80. The van der Waals surface area contributed by atoms with Crippen LogP contribution in [0.15, 0.2) is 58.5 Å². The smallest absolute Gasteiger partial charge is 0.171 e. The topological polar surface area (TPSA) is 51.1 Å². The summed E-state index contributed by atoms with van der Waals surface area (Å²) in [5.74, 6) is 0.703. The van der Waals surface area contributed by atoms with Gasteiger partial charge in [-0.15, -0.1) is 11.3 Å². The van der Waals surface area contributed by atoms with Gasteiger partial charge in [0.05, 0.1) is 27.6 Å². The molecule has 1 aliphatic heterocycles. The average Bonchev–Trinajstić information content (AvgIpc) is 3.20. The number of halogens is 1. The number of fused-ring (bicyclic) bond motifs is 1. The van der Waals surface area contributed by atoms with E-state index in [9.17, 15) is 0 Å². The zero-order chi connectivity index (χ0) is 18.9. The van der Waals surface area contributed by atoms with E-state index in [4.69, 9.17) is 14.7 Å². The molecule has 1 saturated heterocycles. The molecule has 0 atom stereocenters. The van der Waals surface area contributed by atoms with Crippen LogP contribution in [0.3, 0.4) is 0 Å². The van der Waals surface area contributed by atoms with Gasteiger partial charge in [0.1, 0.15) is 0 Å². The minimum atomic E-state index is 0.703. The third kappa shape index (κ3) is 3.41. The van der Waals surface area contributed by atoms with Gasteiger partial charge in [0.2, 0.25) is 0 Å². The highest BCUT2D eigenvalue weighted by atomic mass is 79.9. The standard InChI is InChI=1S/C21H17BrN4OS/c22-19-8-7-18(28-19)21-23-13-14-5-6-16(24-20(14)25-21)15-3-1-2-4-17(15)26-9-11-27-12-10-26/h1-8,13H,9-12H2. The summed E-state index contributed by atoms with van der Waals surface area (Å²) in [6.07, 6.45) is 1.84. The minimum Gasteiger partial charge on any atom is -0.378 e. The number of hydrogen-bond acceptors (Lipinski definition) is 6. The molecule has 7 heteroatoms. The van der Waals surface area contributed by atoms with Gasteiger partial charge < -0.3 is 9.64 Å². The van der Waals surface area contributed by atoms with Gasteiger partial charge in [0, 0.05) is 35.9 Å². The molecule has 28 heavy (non-hydrogen) atoms. The van der Waals surface area contributed by atoms with E-state index in [1.165, 1.54) is 5.69 Å². The molecule has 4 heterocycles. The van der Waals surface area contributed by atoms with Gasteiger partial charge in [-0.25, -0.2) is 15.0 Å². The van der Waals surface area contributed by atoms with E-state index in [0.717, 1.165) is 51.6 Å². The Hall–Kier alpha value is -2.35. The van der Waals surface area contributed by atoms with Crippen LogP contribution >= 0.6 is 27.3 Å². The first-order chi connectivity index (χ1) is 13.8.